The van der Waals surface area contributed by atoms with Gasteiger partial charge in [0.15, 0.2) is 0 Å². The molecular weight excluding hydrogens is 322 g/mol. The molecule has 0 aliphatic rings. The number of hydrogen-bond acceptors (Lipinski definition) is 2. The van der Waals surface area contributed by atoms with Crippen molar-refractivity contribution in [3.63, 3.8) is 0 Å². The molecule has 1 aromatic carbocycles. The third kappa shape index (κ3) is 5.19. The summed E-state index contributed by atoms with van der Waals surface area (Å²) in [7, 11) is 0. The number of nitrogens with zero attached hydrogens (tertiary/aromatic N) is 1. The Hall–Kier alpha value is -0.480. The Kier molecular flexibility index (Phi) is 6.40. The zero-order chi connectivity index (χ0) is 14.6. The van der Waals surface area contributed by atoms with Crippen molar-refractivity contribution < 1.29 is 4.79 Å². The van der Waals surface area contributed by atoms with Crippen molar-refractivity contribution in [1.82, 2.24) is 4.90 Å². The first-order valence-corrected chi connectivity index (χ1v) is 7.83. The van der Waals surface area contributed by atoms with E-state index >= 15 is 0 Å². The molecule has 0 aromatic heterocycles. The Morgan fingerprint density at radius 1 is 1.21 bits per heavy atom. The maximum Gasteiger partial charge on any atom is 0.255 e. The molecule has 0 atom stereocenters. The molecule has 0 saturated carbocycles. The van der Waals surface area contributed by atoms with Crippen LogP contribution in [-0.2, 0) is 0 Å². The highest BCUT2D eigenvalue weighted by Gasteiger charge is 2.20. The Morgan fingerprint density at radius 2 is 1.74 bits per heavy atom. The summed E-state index contributed by atoms with van der Waals surface area (Å²) in [4.78, 5) is 15.4. The van der Waals surface area contributed by atoms with Crippen LogP contribution in [0.15, 0.2) is 27.6 Å². The quantitative estimate of drug-likeness (QED) is 0.780. The van der Waals surface area contributed by atoms with Gasteiger partial charge in [0, 0.05) is 22.5 Å². The summed E-state index contributed by atoms with van der Waals surface area (Å²) in [5, 5.41) is 0. The number of thiol groups is 1. The average molecular weight is 344 g/mol. The van der Waals surface area contributed by atoms with E-state index in [-0.39, 0.29) is 5.91 Å². The molecule has 1 rings (SSSR count). The summed E-state index contributed by atoms with van der Waals surface area (Å²) in [6.45, 7) is 10.1. The summed E-state index contributed by atoms with van der Waals surface area (Å²) in [5.74, 6) is 0.992. The summed E-state index contributed by atoms with van der Waals surface area (Å²) < 4.78 is 0.827. The SMILES string of the molecule is CC(C)CN(CC(C)C)C(=O)c1cc(S)ccc1Br. The first kappa shape index (κ1) is 16.6. The predicted molar refractivity (Wildman–Crippen MR) is 87.0 cm³/mol. The number of benzene rings is 1. The van der Waals surface area contributed by atoms with Crippen LogP contribution in [0.3, 0.4) is 0 Å². The van der Waals surface area contributed by atoms with Crippen LogP contribution in [0.1, 0.15) is 38.1 Å². The summed E-state index contributed by atoms with van der Waals surface area (Å²) in [5.41, 5.74) is 0.689. The zero-order valence-corrected chi connectivity index (χ0v) is 14.5. The molecule has 0 N–H and O–H groups in total. The second kappa shape index (κ2) is 7.34. The number of carbonyl (C=O) groups is 1. The van der Waals surface area contributed by atoms with Gasteiger partial charge in [-0.15, -0.1) is 12.6 Å². The van der Waals surface area contributed by atoms with E-state index in [1.165, 1.54) is 0 Å². The van der Waals surface area contributed by atoms with E-state index in [1.807, 2.05) is 23.1 Å². The van der Waals surface area contributed by atoms with Crippen LogP contribution in [0.25, 0.3) is 0 Å². The van der Waals surface area contributed by atoms with E-state index in [9.17, 15) is 4.79 Å². The standard InChI is InChI=1S/C15H22BrNOS/c1-10(2)8-17(9-11(3)4)15(18)13-7-12(19)5-6-14(13)16/h5-7,10-11,19H,8-9H2,1-4H3. The van der Waals surface area contributed by atoms with E-state index in [1.54, 1.807) is 0 Å². The largest absolute Gasteiger partial charge is 0.338 e. The highest BCUT2D eigenvalue weighted by atomic mass is 79.9. The predicted octanol–water partition coefficient (Wildman–Crippen LogP) is 4.49. The molecule has 0 heterocycles. The van der Waals surface area contributed by atoms with E-state index in [2.05, 4.69) is 56.3 Å². The normalized spacial score (nSPS) is 11.2. The fraction of sp³-hybridized carbons (Fsp3) is 0.533. The molecule has 1 aromatic rings. The molecule has 2 nitrogen and oxygen atoms in total. The number of halogens is 1. The van der Waals surface area contributed by atoms with Crippen LogP contribution < -0.4 is 0 Å². The van der Waals surface area contributed by atoms with Gasteiger partial charge in [-0.05, 0) is 46.0 Å². The Morgan fingerprint density at radius 3 is 2.21 bits per heavy atom. The summed E-state index contributed by atoms with van der Waals surface area (Å²) >= 11 is 7.76. The van der Waals surface area contributed by atoms with Crippen molar-refractivity contribution in [2.75, 3.05) is 13.1 Å². The molecule has 19 heavy (non-hydrogen) atoms. The van der Waals surface area contributed by atoms with Crippen LogP contribution in [0, 0.1) is 11.8 Å². The molecule has 4 heteroatoms. The van der Waals surface area contributed by atoms with Crippen molar-refractivity contribution >= 4 is 34.5 Å². The van der Waals surface area contributed by atoms with Gasteiger partial charge in [0.25, 0.3) is 5.91 Å². The minimum absolute atomic E-state index is 0.0742. The smallest absolute Gasteiger partial charge is 0.255 e. The average Bonchev–Trinajstić information content (AvgIpc) is 2.29. The first-order valence-electron chi connectivity index (χ1n) is 6.59. The van der Waals surface area contributed by atoms with Crippen LogP contribution >= 0.6 is 28.6 Å². The lowest BCUT2D eigenvalue weighted by atomic mass is 10.1. The van der Waals surface area contributed by atoms with E-state index < -0.39 is 0 Å². The van der Waals surface area contributed by atoms with Crippen molar-refractivity contribution in [3.8, 4) is 0 Å². The summed E-state index contributed by atoms with van der Waals surface area (Å²) in [6.07, 6.45) is 0. The Bertz CT molecular complexity index is 436. The molecule has 0 radical (unpaired) electrons. The van der Waals surface area contributed by atoms with Crippen LogP contribution in [0.4, 0.5) is 0 Å². The molecule has 106 valence electrons. The molecule has 0 aliphatic heterocycles. The number of rotatable bonds is 5. The molecule has 1 amide bonds. The molecule has 0 fully saturated rings. The monoisotopic (exact) mass is 343 g/mol. The van der Waals surface area contributed by atoms with Gasteiger partial charge in [0.05, 0.1) is 5.56 Å². The zero-order valence-electron chi connectivity index (χ0n) is 12.0. The first-order chi connectivity index (χ1) is 8.81. The van der Waals surface area contributed by atoms with Gasteiger partial charge in [0.1, 0.15) is 0 Å². The van der Waals surface area contributed by atoms with E-state index in [0.29, 0.717) is 17.4 Å². The lowest BCUT2D eigenvalue weighted by Crippen LogP contribution is -2.37. The van der Waals surface area contributed by atoms with Gasteiger partial charge in [0.2, 0.25) is 0 Å². The fourth-order valence-corrected chi connectivity index (χ4v) is 2.59. The van der Waals surface area contributed by atoms with Gasteiger partial charge in [-0.25, -0.2) is 0 Å². The van der Waals surface area contributed by atoms with Crippen molar-refractivity contribution in [3.05, 3.63) is 28.2 Å². The third-order valence-corrected chi connectivity index (χ3v) is 3.61. The third-order valence-electron chi connectivity index (χ3n) is 2.64. The lowest BCUT2D eigenvalue weighted by Gasteiger charge is -2.27. The van der Waals surface area contributed by atoms with E-state index in [0.717, 1.165) is 22.5 Å². The second-order valence-electron chi connectivity index (χ2n) is 5.66. The molecular formula is C15H22BrNOS. The van der Waals surface area contributed by atoms with Gasteiger partial charge in [-0.1, -0.05) is 27.7 Å². The fourth-order valence-electron chi connectivity index (χ4n) is 1.97. The number of hydrogen-bond donors (Lipinski definition) is 1. The maximum absolute atomic E-state index is 12.7. The molecule has 0 unspecified atom stereocenters. The lowest BCUT2D eigenvalue weighted by molar-refractivity contribution is 0.0714. The molecule has 0 saturated heterocycles. The maximum atomic E-state index is 12.7. The number of amides is 1. The molecule has 0 bridgehead atoms. The minimum Gasteiger partial charge on any atom is -0.338 e. The van der Waals surface area contributed by atoms with Gasteiger partial charge in [-0.3, -0.25) is 4.79 Å². The highest BCUT2D eigenvalue weighted by molar-refractivity contribution is 9.10. The van der Waals surface area contributed by atoms with Crippen molar-refractivity contribution in [1.29, 1.82) is 0 Å². The molecule has 0 spiro atoms. The minimum atomic E-state index is 0.0742. The molecule has 0 aliphatic carbocycles. The van der Waals surface area contributed by atoms with Crippen LogP contribution in [-0.4, -0.2) is 23.9 Å². The van der Waals surface area contributed by atoms with Gasteiger partial charge in [-0.2, -0.15) is 0 Å². The number of carbonyl (C=O) groups excluding carboxylic acids is 1. The van der Waals surface area contributed by atoms with Gasteiger partial charge < -0.3 is 4.90 Å². The second-order valence-corrected chi connectivity index (χ2v) is 7.03. The van der Waals surface area contributed by atoms with E-state index in [4.69, 9.17) is 0 Å². The topological polar surface area (TPSA) is 20.3 Å². The Labute approximate surface area is 130 Å². The van der Waals surface area contributed by atoms with Crippen LogP contribution in [0.5, 0.6) is 0 Å². The summed E-state index contributed by atoms with van der Waals surface area (Å²) in [6, 6.07) is 5.57. The highest BCUT2D eigenvalue weighted by Crippen LogP contribution is 2.22. The van der Waals surface area contributed by atoms with Crippen LogP contribution in [0.2, 0.25) is 0 Å². The Balaban J connectivity index is 3.00. The van der Waals surface area contributed by atoms with Crippen molar-refractivity contribution in [2.24, 2.45) is 11.8 Å². The van der Waals surface area contributed by atoms with Crippen molar-refractivity contribution in [2.45, 2.75) is 32.6 Å². The van der Waals surface area contributed by atoms with Gasteiger partial charge >= 0.3 is 0 Å².